The van der Waals surface area contributed by atoms with Crippen molar-refractivity contribution in [3.63, 3.8) is 0 Å². The van der Waals surface area contributed by atoms with E-state index in [0.29, 0.717) is 34.7 Å². The SMILES string of the molecule is NS(=O)(=O)c1cccc(Nc2nc(-c3cccc(C(=O)NCC(F)(F)F)c3)c3ncn(C4CCCCO4)c3n2)c1. The topological polar surface area (TPSA) is 154 Å². The third-order valence-corrected chi connectivity index (χ3v) is 7.06. The quantitative estimate of drug-likeness (QED) is 0.300. The first-order chi connectivity index (χ1) is 19.0. The molecule has 4 aromatic rings. The molecule has 40 heavy (non-hydrogen) atoms. The summed E-state index contributed by atoms with van der Waals surface area (Å²) in [5, 5.41) is 10.1. The predicted molar refractivity (Wildman–Crippen MR) is 139 cm³/mol. The zero-order chi connectivity index (χ0) is 28.5. The lowest BCUT2D eigenvalue weighted by Gasteiger charge is -2.24. The lowest BCUT2D eigenvalue weighted by molar-refractivity contribution is -0.123. The molecule has 3 heterocycles. The third-order valence-electron chi connectivity index (χ3n) is 6.15. The Bertz CT molecular complexity index is 1670. The Hall–Kier alpha value is -4.08. The van der Waals surface area contributed by atoms with Crippen LogP contribution in [0.25, 0.3) is 22.4 Å². The van der Waals surface area contributed by atoms with E-state index in [2.05, 4.69) is 20.3 Å². The van der Waals surface area contributed by atoms with E-state index in [1.165, 1.54) is 36.4 Å². The highest BCUT2D eigenvalue weighted by atomic mass is 32.2. The Morgan fingerprint density at radius 1 is 1.12 bits per heavy atom. The molecule has 1 atom stereocenters. The summed E-state index contributed by atoms with van der Waals surface area (Å²) < 4.78 is 69.2. The maximum absolute atomic E-state index is 12.6. The molecule has 1 fully saturated rings. The van der Waals surface area contributed by atoms with Crippen molar-refractivity contribution in [2.24, 2.45) is 5.14 Å². The van der Waals surface area contributed by atoms with E-state index < -0.39 is 28.7 Å². The van der Waals surface area contributed by atoms with Crippen molar-refractivity contribution in [2.75, 3.05) is 18.5 Å². The number of carbonyl (C=O) groups is 1. The van der Waals surface area contributed by atoms with E-state index >= 15 is 0 Å². The van der Waals surface area contributed by atoms with E-state index in [-0.39, 0.29) is 22.6 Å². The van der Waals surface area contributed by atoms with Crippen LogP contribution in [0.15, 0.2) is 59.8 Å². The van der Waals surface area contributed by atoms with Gasteiger partial charge in [0.05, 0.1) is 11.2 Å². The Morgan fingerprint density at radius 3 is 2.65 bits per heavy atom. The van der Waals surface area contributed by atoms with Crippen LogP contribution in [0.2, 0.25) is 0 Å². The first-order valence-corrected chi connectivity index (χ1v) is 13.7. The van der Waals surface area contributed by atoms with Gasteiger partial charge in [-0.3, -0.25) is 9.36 Å². The van der Waals surface area contributed by atoms with Crippen LogP contribution in [0, 0.1) is 0 Å². The van der Waals surface area contributed by atoms with Crippen molar-refractivity contribution < 1.29 is 31.1 Å². The third kappa shape index (κ3) is 6.21. The number of nitrogens with zero attached hydrogens (tertiary/aromatic N) is 4. The van der Waals surface area contributed by atoms with Gasteiger partial charge in [-0.15, -0.1) is 0 Å². The number of sulfonamides is 1. The Balaban J connectivity index is 1.58. The second kappa shape index (κ2) is 10.8. The normalized spacial score (nSPS) is 16.1. The van der Waals surface area contributed by atoms with E-state index in [0.717, 1.165) is 19.3 Å². The van der Waals surface area contributed by atoms with Gasteiger partial charge in [-0.05, 0) is 49.6 Å². The summed E-state index contributed by atoms with van der Waals surface area (Å²) in [5.41, 5.74) is 1.84. The molecule has 0 bridgehead atoms. The van der Waals surface area contributed by atoms with E-state index in [9.17, 15) is 26.4 Å². The van der Waals surface area contributed by atoms with Crippen molar-refractivity contribution in [1.82, 2.24) is 24.8 Å². The van der Waals surface area contributed by atoms with Crippen LogP contribution in [-0.4, -0.2) is 53.2 Å². The minimum atomic E-state index is -4.55. The van der Waals surface area contributed by atoms with Crippen molar-refractivity contribution in [1.29, 1.82) is 0 Å². The zero-order valence-electron chi connectivity index (χ0n) is 20.9. The molecule has 1 aliphatic heterocycles. The molecular weight excluding hydrogens is 551 g/mol. The predicted octanol–water partition coefficient (Wildman–Crippen LogP) is 3.88. The van der Waals surface area contributed by atoms with Crippen LogP contribution in [-0.2, 0) is 14.8 Å². The maximum Gasteiger partial charge on any atom is 0.405 e. The smallest absolute Gasteiger partial charge is 0.358 e. The Morgan fingerprint density at radius 2 is 1.93 bits per heavy atom. The summed E-state index contributed by atoms with van der Waals surface area (Å²) in [4.78, 5) is 26.0. The molecule has 11 nitrogen and oxygen atoms in total. The second-order valence-electron chi connectivity index (χ2n) is 9.12. The first-order valence-electron chi connectivity index (χ1n) is 12.2. The van der Waals surface area contributed by atoms with Crippen LogP contribution in [0.4, 0.5) is 24.8 Å². The lowest BCUT2D eigenvalue weighted by atomic mass is 10.1. The number of benzene rings is 2. The number of rotatable bonds is 7. The molecular formula is C25H24F3N7O4S. The highest BCUT2D eigenvalue weighted by Gasteiger charge is 2.28. The van der Waals surface area contributed by atoms with Crippen molar-refractivity contribution >= 4 is 38.7 Å². The molecule has 4 N–H and O–H groups in total. The number of ether oxygens (including phenoxy) is 1. The number of fused-ring (bicyclic) bond motifs is 1. The summed E-state index contributed by atoms with van der Waals surface area (Å²) in [5.74, 6) is -0.817. The molecule has 0 saturated carbocycles. The molecule has 15 heteroatoms. The minimum Gasteiger partial charge on any atom is -0.358 e. The standard InChI is InChI=1S/C25H24F3N7O4S/c26-25(27,28)13-30-23(36)16-6-3-5-15(11-16)20-21-22(35(14-31-21)19-9-1-2-10-39-19)34-24(33-20)32-17-7-4-8-18(12-17)40(29,37)38/h3-8,11-12,14,19H,1-2,9-10,13H2,(H,30,36)(H2,29,37,38)(H,32,33,34). The van der Waals surface area contributed by atoms with Crippen LogP contribution >= 0.6 is 0 Å². The highest BCUT2D eigenvalue weighted by Crippen LogP contribution is 2.32. The molecule has 1 saturated heterocycles. The number of alkyl halides is 3. The molecule has 1 unspecified atom stereocenters. The number of nitrogens with two attached hydrogens (primary N) is 1. The molecule has 1 aliphatic rings. The van der Waals surface area contributed by atoms with Crippen molar-refractivity contribution in [3.8, 4) is 11.3 Å². The van der Waals surface area contributed by atoms with Crippen molar-refractivity contribution in [3.05, 3.63) is 60.4 Å². The van der Waals surface area contributed by atoms with Gasteiger partial charge in [0.2, 0.25) is 16.0 Å². The number of imidazole rings is 1. The largest absolute Gasteiger partial charge is 0.405 e. The Labute approximate surface area is 226 Å². The van der Waals surface area contributed by atoms with Gasteiger partial charge in [-0.2, -0.15) is 18.2 Å². The average molecular weight is 576 g/mol. The Kier molecular flexibility index (Phi) is 7.44. The number of aromatic nitrogens is 4. The zero-order valence-corrected chi connectivity index (χ0v) is 21.7. The summed E-state index contributed by atoms with van der Waals surface area (Å²) in [6.07, 6.45) is -0.688. The number of carbonyl (C=O) groups excluding carboxylic acids is 1. The fourth-order valence-corrected chi connectivity index (χ4v) is 4.86. The number of amides is 1. The van der Waals surface area contributed by atoms with E-state index in [1.807, 2.05) is 5.32 Å². The van der Waals surface area contributed by atoms with Crippen molar-refractivity contribution in [2.45, 2.75) is 36.6 Å². The second-order valence-corrected chi connectivity index (χ2v) is 10.7. The van der Waals surface area contributed by atoms with Gasteiger partial charge in [0.1, 0.15) is 24.0 Å². The molecule has 2 aromatic carbocycles. The van der Waals surface area contributed by atoms with Crippen LogP contribution in [0.3, 0.4) is 0 Å². The van der Waals surface area contributed by atoms with Gasteiger partial charge in [0.25, 0.3) is 5.91 Å². The summed E-state index contributed by atoms with van der Waals surface area (Å²) >= 11 is 0. The fourth-order valence-electron chi connectivity index (χ4n) is 4.30. The molecule has 0 spiro atoms. The number of hydrogen-bond acceptors (Lipinski definition) is 8. The summed E-state index contributed by atoms with van der Waals surface area (Å²) in [6.45, 7) is -0.895. The van der Waals surface area contributed by atoms with Gasteiger partial charge in [0, 0.05) is 23.4 Å². The molecule has 5 rings (SSSR count). The molecule has 210 valence electrons. The van der Waals surface area contributed by atoms with Crippen LogP contribution in [0.1, 0.15) is 35.8 Å². The lowest BCUT2D eigenvalue weighted by Crippen LogP contribution is -2.33. The first kappa shape index (κ1) is 27.5. The fraction of sp³-hybridized carbons (Fsp3) is 0.280. The van der Waals surface area contributed by atoms with Gasteiger partial charge < -0.3 is 15.4 Å². The summed E-state index contributed by atoms with van der Waals surface area (Å²) in [7, 11) is -3.96. The van der Waals surface area contributed by atoms with Gasteiger partial charge in [0.15, 0.2) is 5.65 Å². The van der Waals surface area contributed by atoms with E-state index in [1.54, 1.807) is 23.0 Å². The highest BCUT2D eigenvalue weighted by molar-refractivity contribution is 7.89. The molecule has 0 radical (unpaired) electrons. The molecule has 1 amide bonds. The van der Waals surface area contributed by atoms with Crippen LogP contribution in [0.5, 0.6) is 0 Å². The number of nitrogens with one attached hydrogen (secondary N) is 2. The number of hydrogen-bond donors (Lipinski definition) is 3. The maximum atomic E-state index is 12.6. The van der Waals surface area contributed by atoms with E-state index in [4.69, 9.17) is 9.88 Å². The number of anilines is 2. The average Bonchev–Trinajstić information content (AvgIpc) is 3.35. The van der Waals surface area contributed by atoms with Gasteiger partial charge >= 0.3 is 6.18 Å². The van der Waals surface area contributed by atoms with Crippen LogP contribution < -0.4 is 15.8 Å². The van der Waals surface area contributed by atoms with Gasteiger partial charge in [-0.1, -0.05) is 18.2 Å². The number of halogens is 3. The van der Waals surface area contributed by atoms with Gasteiger partial charge in [-0.25, -0.2) is 23.5 Å². The summed E-state index contributed by atoms with van der Waals surface area (Å²) in [6, 6.07) is 11.8. The molecule has 0 aliphatic carbocycles. The minimum absolute atomic E-state index is 0.000999. The monoisotopic (exact) mass is 575 g/mol. The number of primary sulfonamides is 1. The molecule has 2 aromatic heterocycles.